The van der Waals surface area contributed by atoms with E-state index in [-0.39, 0.29) is 29.5 Å². The first-order chi connectivity index (χ1) is 10.6. The van der Waals surface area contributed by atoms with Gasteiger partial charge in [-0.25, -0.2) is 4.79 Å². The number of thioether (sulfide) groups is 1. The molecule has 0 saturated carbocycles. The van der Waals surface area contributed by atoms with E-state index in [1.807, 2.05) is 20.8 Å². The number of aliphatic carboxylic acids is 1. The zero-order valence-electron chi connectivity index (χ0n) is 13.8. The number of amides is 1. The molecule has 1 amide bonds. The second-order valence-corrected chi connectivity index (χ2v) is 7.61. The molecule has 0 bridgehead atoms. The maximum absolute atomic E-state index is 12.2. The van der Waals surface area contributed by atoms with Crippen LogP contribution in [0, 0.1) is 11.8 Å². The summed E-state index contributed by atoms with van der Waals surface area (Å²) in [6, 6.07) is -0.293. The number of fused-ring (bicyclic) bond motifs is 1. The SMILES string of the molecule is CC(O)[C@H]1C(=O)N2C(C(=O)O)=C(SCOC(C)(C)CN)[C@H](C)[C@H]12. The maximum Gasteiger partial charge on any atom is 0.353 e. The molecule has 7 nitrogen and oxygen atoms in total. The summed E-state index contributed by atoms with van der Waals surface area (Å²) in [5.74, 6) is -1.88. The molecule has 2 heterocycles. The third-order valence-corrected chi connectivity index (χ3v) is 5.58. The lowest BCUT2D eigenvalue weighted by molar-refractivity contribution is -0.163. The number of rotatable bonds is 7. The zero-order chi connectivity index (χ0) is 17.5. The minimum Gasteiger partial charge on any atom is -0.477 e. The Labute approximate surface area is 139 Å². The predicted molar refractivity (Wildman–Crippen MR) is 86.3 cm³/mol. The number of carbonyl (C=O) groups is 2. The van der Waals surface area contributed by atoms with Gasteiger partial charge >= 0.3 is 5.97 Å². The van der Waals surface area contributed by atoms with Gasteiger partial charge in [-0.15, -0.1) is 0 Å². The molecule has 4 N–H and O–H groups in total. The van der Waals surface area contributed by atoms with Crippen molar-refractivity contribution in [2.75, 3.05) is 12.5 Å². The van der Waals surface area contributed by atoms with Gasteiger partial charge in [0.1, 0.15) is 5.70 Å². The second kappa shape index (κ2) is 6.43. The van der Waals surface area contributed by atoms with Crippen molar-refractivity contribution in [3.63, 3.8) is 0 Å². The van der Waals surface area contributed by atoms with Gasteiger partial charge in [-0.2, -0.15) is 0 Å². The maximum atomic E-state index is 12.2. The highest BCUT2D eigenvalue weighted by atomic mass is 32.2. The van der Waals surface area contributed by atoms with Gasteiger partial charge in [-0.1, -0.05) is 18.7 Å². The predicted octanol–water partition coefficient (Wildman–Crippen LogP) is 0.585. The van der Waals surface area contributed by atoms with Crippen LogP contribution in [-0.2, 0) is 14.3 Å². The van der Waals surface area contributed by atoms with Crippen LogP contribution in [0.3, 0.4) is 0 Å². The van der Waals surface area contributed by atoms with Crippen LogP contribution < -0.4 is 5.73 Å². The first-order valence-corrected chi connectivity index (χ1v) is 8.56. The molecule has 0 spiro atoms. The van der Waals surface area contributed by atoms with Crippen LogP contribution in [0.25, 0.3) is 0 Å². The number of nitrogens with two attached hydrogens (primary N) is 1. The highest BCUT2D eigenvalue weighted by molar-refractivity contribution is 8.03. The molecule has 2 aliphatic rings. The molecule has 4 atom stereocenters. The molecule has 0 radical (unpaired) electrons. The van der Waals surface area contributed by atoms with E-state index in [0.29, 0.717) is 11.4 Å². The van der Waals surface area contributed by atoms with E-state index in [2.05, 4.69) is 0 Å². The summed E-state index contributed by atoms with van der Waals surface area (Å²) in [6.07, 6.45) is -0.794. The monoisotopic (exact) mass is 344 g/mol. The third kappa shape index (κ3) is 3.13. The fraction of sp³-hybridized carbons (Fsp3) is 0.733. The van der Waals surface area contributed by atoms with Crippen molar-refractivity contribution in [2.45, 2.75) is 45.4 Å². The van der Waals surface area contributed by atoms with Crippen LogP contribution in [0.15, 0.2) is 10.6 Å². The van der Waals surface area contributed by atoms with Gasteiger partial charge in [0, 0.05) is 17.4 Å². The van der Waals surface area contributed by atoms with Crippen molar-refractivity contribution in [3.05, 3.63) is 10.6 Å². The molecule has 0 aromatic rings. The largest absolute Gasteiger partial charge is 0.477 e. The van der Waals surface area contributed by atoms with Crippen molar-refractivity contribution in [1.29, 1.82) is 0 Å². The first kappa shape index (κ1) is 18.3. The fourth-order valence-electron chi connectivity index (χ4n) is 3.03. The fourth-order valence-corrected chi connectivity index (χ4v) is 4.26. The van der Waals surface area contributed by atoms with Gasteiger partial charge in [-0.05, 0) is 20.8 Å². The highest BCUT2D eigenvalue weighted by Crippen LogP contribution is 2.50. The molecular formula is C15H24N2O5S. The summed E-state index contributed by atoms with van der Waals surface area (Å²) < 4.78 is 5.67. The van der Waals surface area contributed by atoms with Crippen LogP contribution in [0.1, 0.15) is 27.7 Å². The van der Waals surface area contributed by atoms with E-state index < -0.39 is 23.6 Å². The van der Waals surface area contributed by atoms with E-state index in [4.69, 9.17) is 10.5 Å². The molecule has 0 aromatic heterocycles. The second-order valence-electron chi connectivity index (χ2n) is 6.64. The molecular weight excluding hydrogens is 320 g/mol. The van der Waals surface area contributed by atoms with E-state index in [1.54, 1.807) is 6.92 Å². The van der Waals surface area contributed by atoms with Gasteiger partial charge in [0.2, 0.25) is 5.91 Å². The lowest BCUT2D eigenvalue weighted by Gasteiger charge is -2.46. The van der Waals surface area contributed by atoms with Gasteiger partial charge in [0.05, 0.1) is 29.6 Å². The highest BCUT2D eigenvalue weighted by Gasteiger charge is 2.59. The summed E-state index contributed by atoms with van der Waals surface area (Å²) >= 11 is 1.28. The van der Waals surface area contributed by atoms with E-state index >= 15 is 0 Å². The number of carboxylic acids is 1. The average Bonchev–Trinajstić information content (AvgIpc) is 2.68. The average molecular weight is 344 g/mol. The van der Waals surface area contributed by atoms with Crippen molar-refractivity contribution in [2.24, 2.45) is 17.6 Å². The Morgan fingerprint density at radius 1 is 1.52 bits per heavy atom. The summed E-state index contributed by atoms with van der Waals surface area (Å²) in [7, 11) is 0. The summed E-state index contributed by atoms with van der Waals surface area (Å²) in [6.45, 7) is 7.51. The Kier molecular flexibility index (Phi) is 5.10. The smallest absolute Gasteiger partial charge is 0.353 e. The van der Waals surface area contributed by atoms with Crippen LogP contribution >= 0.6 is 11.8 Å². The summed E-state index contributed by atoms with van der Waals surface area (Å²) in [5.41, 5.74) is 5.13. The molecule has 1 saturated heterocycles. The molecule has 2 aliphatic heterocycles. The number of carboxylic acid groups (broad SMARTS) is 1. The van der Waals surface area contributed by atoms with Crippen molar-refractivity contribution < 1.29 is 24.5 Å². The molecule has 2 rings (SSSR count). The van der Waals surface area contributed by atoms with Crippen molar-refractivity contribution in [3.8, 4) is 0 Å². The number of hydrogen-bond donors (Lipinski definition) is 3. The van der Waals surface area contributed by atoms with Crippen LogP contribution in [-0.4, -0.2) is 57.2 Å². The Morgan fingerprint density at radius 3 is 2.61 bits per heavy atom. The molecule has 0 aromatic carbocycles. The number of carbonyl (C=O) groups excluding carboxylic acids is 1. The van der Waals surface area contributed by atoms with E-state index in [0.717, 1.165) is 0 Å². The van der Waals surface area contributed by atoms with E-state index in [1.165, 1.54) is 16.7 Å². The number of β-lactam (4-membered cyclic amide) rings is 1. The lowest BCUT2D eigenvalue weighted by Crippen LogP contribution is -2.63. The van der Waals surface area contributed by atoms with Gasteiger partial charge in [0.15, 0.2) is 0 Å². The molecule has 1 unspecified atom stereocenters. The van der Waals surface area contributed by atoms with Crippen molar-refractivity contribution >= 4 is 23.6 Å². The number of nitrogens with zero attached hydrogens (tertiary/aromatic N) is 1. The molecule has 23 heavy (non-hydrogen) atoms. The molecule has 8 heteroatoms. The van der Waals surface area contributed by atoms with Gasteiger partial charge in [0.25, 0.3) is 0 Å². The quantitative estimate of drug-likeness (QED) is 0.457. The van der Waals surface area contributed by atoms with Gasteiger partial charge in [-0.3, -0.25) is 4.79 Å². The number of aliphatic hydroxyl groups excluding tert-OH is 1. The van der Waals surface area contributed by atoms with Gasteiger partial charge < -0.3 is 25.6 Å². The summed E-state index contributed by atoms with van der Waals surface area (Å²) in [5, 5.41) is 19.3. The molecule has 1 fully saturated rings. The van der Waals surface area contributed by atoms with Crippen LogP contribution in [0.4, 0.5) is 0 Å². The lowest BCUT2D eigenvalue weighted by atomic mass is 9.79. The molecule has 130 valence electrons. The Balaban J connectivity index is 2.17. The van der Waals surface area contributed by atoms with Crippen LogP contribution in [0.5, 0.6) is 0 Å². The van der Waals surface area contributed by atoms with Crippen LogP contribution in [0.2, 0.25) is 0 Å². The number of ether oxygens (including phenoxy) is 1. The summed E-state index contributed by atoms with van der Waals surface area (Å²) in [4.78, 5) is 25.7. The Bertz CT molecular complexity index is 546. The Morgan fingerprint density at radius 2 is 2.13 bits per heavy atom. The van der Waals surface area contributed by atoms with Crippen molar-refractivity contribution in [1.82, 2.24) is 4.90 Å². The Hall–Kier alpha value is -1.09. The van der Waals surface area contributed by atoms with E-state index in [9.17, 15) is 19.8 Å². The minimum absolute atomic E-state index is 0.0172. The zero-order valence-corrected chi connectivity index (χ0v) is 14.6. The first-order valence-electron chi connectivity index (χ1n) is 7.57. The third-order valence-electron chi connectivity index (χ3n) is 4.47. The normalized spacial score (nSPS) is 28.7. The standard InChI is InChI=1S/C15H24N2O5S/c1-7-10-9(8(2)18)13(19)17(10)11(14(20)21)12(7)23-6-22-15(3,4)5-16/h7-10,18H,5-6,16H2,1-4H3,(H,20,21)/t7-,8?,9-,10-/m1/s1. The number of aliphatic hydroxyl groups is 1. The minimum atomic E-state index is -1.13. The number of hydrogen-bond acceptors (Lipinski definition) is 6. The topological polar surface area (TPSA) is 113 Å². The molecule has 0 aliphatic carbocycles.